The SMILES string of the molecule is COc1ccc(Oc2c(C(=O)O)c(O)cc3ccccc23)cc1. The monoisotopic (exact) mass is 310 g/mol. The second-order valence-electron chi connectivity index (χ2n) is 4.90. The first-order chi connectivity index (χ1) is 11.1. The van der Waals surface area contributed by atoms with Gasteiger partial charge in [-0.1, -0.05) is 24.3 Å². The summed E-state index contributed by atoms with van der Waals surface area (Å²) in [5, 5.41) is 20.7. The van der Waals surface area contributed by atoms with Gasteiger partial charge in [0.25, 0.3) is 0 Å². The molecular formula is C18H14O5. The first-order valence-corrected chi connectivity index (χ1v) is 6.90. The number of aromatic hydroxyl groups is 1. The number of methoxy groups -OCH3 is 1. The molecule has 0 aliphatic heterocycles. The summed E-state index contributed by atoms with van der Waals surface area (Å²) < 4.78 is 10.8. The van der Waals surface area contributed by atoms with Crippen molar-refractivity contribution in [2.45, 2.75) is 0 Å². The van der Waals surface area contributed by atoms with E-state index in [-0.39, 0.29) is 17.1 Å². The number of aromatic carboxylic acids is 1. The van der Waals surface area contributed by atoms with Gasteiger partial charge in [0.1, 0.15) is 22.8 Å². The maximum atomic E-state index is 11.5. The van der Waals surface area contributed by atoms with E-state index in [1.807, 2.05) is 0 Å². The van der Waals surface area contributed by atoms with Crippen LogP contribution in [-0.2, 0) is 0 Å². The molecule has 3 aromatic carbocycles. The van der Waals surface area contributed by atoms with Crippen LogP contribution in [0.5, 0.6) is 23.0 Å². The molecule has 0 amide bonds. The molecule has 116 valence electrons. The van der Waals surface area contributed by atoms with Crippen molar-refractivity contribution >= 4 is 16.7 Å². The molecule has 0 aliphatic carbocycles. The number of carbonyl (C=O) groups is 1. The zero-order chi connectivity index (χ0) is 16.4. The number of ether oxygens (including phenoxy) is 2. The number of fused-ring (bicyclic) bond motifs is 1. The van der Waals surface area contributed by atoms with Crippen LogP contribution < -0.4 is 9.47 Å². The molecule has 0 unspecified atom stereocenters. The zero-order valence-electron chi connectivity index (χ0n) is 12.3. The van der Waals surface area contributed by atoms with E-state index < -0.39 is 5.97 Å². The Morgan fingerprint density at radius 2 is 1.65 bits per heavy atom. The van der Waals surface area contributed by atoms with Crippen molar-refractivity contribution in [2.75, 3.05) is 7.11 Å². The highest BCUT2D eigenvalue weighted by molar-refractivity contribution is 6.03. The molecule has 3 aromatic rings. The van der Waals surface area contributed by atoms with Crippen molar-refractivity contribution in [3.8, 4) is 23.0 Å². The number of benzene rings is 3. The molecule has 0 aliphatic rings. The molecule has 3 rings (SSSR count). The molecule has 0 saturated carbocycles. The zero-order valence-corrected chi connectivity index (χ0v) is 12.3. The predicted molar refractivity (Wildman–Crippen MR) is 85.6 cm³/mol. The third-order valence-electron chi connectivity index (χ3n) is 3.47. The van der Waals surface area contributed by atoms with Crippen LogP contribution in [0.25, 0.3) is 10.8 Å². The molecular weight excluding hydrogens is 296 g/mol. The van der Waals surface area contributed by atoms with Crippen LogP contribution in [0.15, 0.2) is 54.6 Å². The molecule has 0 fully saturated rings. The van der Waals surface area contributed by atoms with Gasteiger partial charge in [-0.25, -0.2) is 4.79 Å². The highest BCUT2D eigenvalue weighted by atomic mass is 16.5. The number of carboxylic acids is 1. The van der Waals surface area contributed by atoms with Crippen molar-refractivity contribution in [1.82, 2.24) is 0 Å². The van der Waals surface area contributed by atoms with Gasteiger partial charge >= 0.3 is 5.97 Å². The first kappa shape index (κ1) is 14.7. The maximum Gasteiger partial charge on any atom is 0.343 e. The quantitative estimate of drug-likeness (QED) is 0.760. The Morgan fingerprint density at radius 1 is 1.00 bits per heavy atom. The molecule has 2 N–H and O–H groups in total. The van der Waals surface area contributed by atoms with Gasteiger partial charge < -0.3 is 19.7 Å². The van der Waals surface area contributed by atoms with Crippen LogP contribution in [-0.4, -0.2) is 23.3 Å². The Kier molecular flexibility index (Phi) is 3.76. The molecule has 0 bridgehead atoms. The largest absolute Gasteiger partial charge is 0.507 e. The van der Waals surface area contributed by atoms with Gasteiger partial charge in [-0.2, -0.15) is 0 Å². The summed E-state index contributed by atoms with van der Waals surface area (Å²) in [4.78, 5) is 11.5. The van der Waals surface area contributed by atoms with Crippen LogP contribution in [0.4, 0.5) is 0 Å². The van der Waals surface area contributed by atoms with Gasteiger partial charge in [-0.05, 0) is 35.7 Å². The molecule has 0 spiro atoms. The van der Waals surface area contributed by atoms with E-state index in [0.717, 1.165) is 0 Å². The number of hydrogen-bond acceptors (Lipinski definition) is 4. The average Bonchev–Trinajstić information content (AvgIpc) is 2.55. The fraction of sp³-hybridized carbons (Fsp3) is 0.0556. The normalized spacial score (nSPS) is 10.5. The third kappa shape index (κ3) is 2.76. The highest BCUT2D eigenvalue weighted by Gasteiger charge is 2.21. The molecule has 0 heterocycles. The van der Waals surface area contributed by atoms with E-state index in [1.165, 1.54) is 6.07 Å². The van der Waals surface area contributed by atoms with E-state index in [1.54, 1.807) is 55.6 Å². The summed E-state index contributed by atoms with van der Waals surface area (Å²) >= 11 is 0. The van der Waals surface area contributed by atoms with Crippen LogP contribution in [0.2, 0.25) is 0 Å². The highest BCUT2D eigenvalue weighted by Crippen LogP contribution is 2.39. The molecule has 23 heavy (non-hydrogen) atoms. The average molecular weight is 310 g/mol. The van der Waals surface area contributed by atoms with Gasteiger partial charge in [0, 0.05) is 5.39 Å². The topological polar surface area (TPSA) is 76.0 Å². The Bertz CT molecular complexity index is 868. The van der Waals surface area contributed by atoms with Crippen molar-refractivity contribution in [3.05, 3.63) is 60.2 Å². The summed E-state index contributed by atoms with van der Waals surface area (Å²) in [5.41, 5.74) is -0.264. The third-order valence-corrected chi connectivity index (χ3v) is 3.47. The van der Waals surface area contributed by atoms with Crippen LogP contribution in [0.1, 0.15) is 10.4 Å². The van der Waals surface area contributed by atoms with Crippen molar-refractivity contribution in [3.63, 3.8) is 0 Å². The summed E-state index contributed by atoms with van der Waals surface area (Å²) in [6.07, 6.45) is 0. The Hall–Kier alpha value is -3.21. The number of rotatable bonds is 4. The van der Waals surface area contributed by atoms with Gasteiger partial charge in [-0.3, -0.25) is 0 Å². The molecule has 5 heteroatoms. The fourth-order valence-corrected chi connectivity index (χ4v) is 2.37. The lowest BCUT2D eigenvalue weighted by Crippen LogP contribution is -2.01. The molecule has 0 radical (unpaired) electrons. The predicted octanol–water partition coefficient (Wildman–Crippen LogP) is 4.04. The number of phenols is 1. The van der Waals surface area contributed by atoms with Crippen LogP contribution in [0.3, 0.4) is 0 Å². The molecule has 0 aromatic heterocycles. The van der Waals surface area contributed by atoms with Crippen molar-refractivity contribution in [2.24, 2.45) is 0 Å². The Labute approximate surface area is 132 Å². The van der Waals surface area contributed by atoms with Gasteiger partial charge in [-0.15, -0.1) is 0 Å². The van der Waals surface area contributed by atoms with Gasteiger partial charge in [0.2, 0.25) is 0 Å². The second-order valence-corrected chi connectivity index (χ2v) is 4.90. The van der Waals surface area contributed by atoms with Gasteiger partial charge in [0.05, 0.1) is 7.11 Å². The number of carboxylic acid groups (broad SMARTS) is 1. The van der Waals surface area contributed by atoms with E-state index in [4.69, 9.17) is 9.47 Å². The standard InChI is InChI=1S/C18H14O5/c1-22-12-6-8-13(9-7-12)23-17-14-5-3-2-4-11(14)10-15(19)16(17)18(20)21/h2-10,19H,1H3,(H,20,21). The van der Waals surface area contributed by atoms with E-state index in [0.29, 0.717) is 22.3 Å². The maximum absolute atomic E-state index is 11.5. The smallest absolute Gasteiger partial charge is 0.343 e. The van der Waals surface area contributed by atoms with E-state index >= 15 is 0 Å². The minimum Gasteiger partial charge on any atom is -0.507 e. The van der Waals surface area contributed by atoms with Crippen molar-refractivity contribution < 1.29 is 24.5 Å². The minimum absolute atomic E-state index is 0.110. The van der Waals surface area contributed by atoms with Crippen molar-refractivity contribution in [1.29, 1.82) is 0 Å². The van der Waals surface area contributed by atoms with Crippen LogP contribution in [0, 0.1) is 0 Å². The Morgan fingerprint density at radius 3 is 2.30 bits per heavy atom. The van der Waals surface area contributed by atoms with E-state index in [2.05, 4.69) is 0 Å². The molecule has 0 saturated heterocycles. The summed E-state index contributed by atoms with van der Waals surface area (Å²) in [5.74, 6) is -0.365. The first-order valence-electron chi connectivity index (χ1n) is 6.90. The lowest BCUT2D eigenvalue weighted by molar-refractivity contribution is 0.0691. The minimum atomic E-state index is -1.25. The summed E-state index contributed by atoms with van der Waals surface area (Å²) in [7, 11) is 1.56. The Balaban J connectivity index is 2.16. The van der Waals surface area contributed by atoms with Crippen LogP contribution >= 0.6 is 0 Å². The van der Waals surface area contributed by atoms with Gasteiger partial charge in [0.15, 0.2) is 5.75 Å². The lowest BCUT2D eigenvalue weighted by Gasteiger charge is -2.13. The second kappa shape index (κ2) is 5.88. The molecule has 0 atom stereocenters. The number of hydrogen-bond donors (Lipinski definition) is 2. The lowest BCUT2D eigenvalue weighted by atomic mass is 10.0. The fourth-order valence-electron chi connectivity index (χ4n) is 2.37. The van der Waals surface area contributed by atoms with E-state index in [9.17, 15) is 15.0 Å². The summed E-state index contributed by atoms with van der Waals surface area (Å²) in [6, 6.07) is 15.3. The summed E-state index contributed by atoms with van der Waals surface area (Å²) in [6.45, 7) is 0. The molecule has 5 nitrogen and oxygen atoms in total.